The van der Waals surface area contributed by atoms with Crippen molar-refractivity contribution in [2.75, 3.05) is 21.3 Å². The lowest BCUT2D eigenvalue weighted by Gasteiger charge is -2.39. The summed E-state index contributed by atoms with van der Waals surface area (Å²) in [6.07, 6.45) is 1.15. The van der Waals surface area contributed by atoms with Crippen molar-refractivity contribution >= 4 is 11.8 Å². The molecule has 1 heterocycles. The number of hydrogen-bond donors (Lipinski definition) is 1. The van der Waals surface area contributed by atoms with Crippen LogP contribution >= 0.6 is 0 Å². The van der Waals surface area contributed by atoms with E-state index in [1.165, 1.54) is 7.11 Å². The number of hydrogen-bond acceptors (Lipinski definition) is 6. The zero-order chi connectivity index (χ0) is 20.6. The number of carbonyl (C=O) groups is 2. The van der Waals surface area contributed by atoms with Crippen LogP contribution in [0.4, 0.5) is 0 Å². The fraction of sp³-hybridized carbons (Fsp3) is 0.455. The van der Waals surface area contributed by atoms with Crippen LogP contribution in [-0.4, -0.2) is 33.1 Å². The molecule has 28 heavy (non-hydrogen) atoms. The number of carbonyl (C=O) groups excluding carboxylic acids is 2. The molecule has 0 bridgehead atoms. The number of rotatable bonds is 4. The number of benzene rings is 1. The summed E-state index contributed by atoms with van der Waals surface area (Å²) in [6.45, 7) is 5.99. The topological polar surface area (TPSA) is 73.9 Å². The van der Waals surface area contributed by atoms with Crippen LogP contribution in [-0.2, 0) is 14.3 Å². The molecule has 1 atom stereocenters. The van der Waals surface area contributed by atoms with E-state index in [1.807, 2.05) is 13.0 Å². The van der Waals surface area contributed by atoms with Gasteiger partial charge in [0.1, 0.15) is 11.5 Å². The summed E-state index contributed by atoms with van der Waals surface area (Å²) in [7, 11) is 4.50. The van der Waals surface area contributed by atoms with Crippen molar-refractivity contribution in [1.29, 1.82) is 0 Å². The largest absolute Gasteiger partial charge is 0.497 e. The predicted molar refractivity (Wildman–Crippen MR) is 105 cm³/mol. The third-order valence-electron chi connectivity index (χ3n) is 5.39. The maximum absolute atomic E-state index is 13.2. The monoisotopic (exact) mass is 385 g/mol. The van der Waals surface area contributed by atoms with Crippen molar-refractivity contribution in [2.45, 2.75) is 39.5 Å². The maximum Gasteiger partial charge on any atom is 0.336 e. The van der Waals surface area contributed by atoms with E-state index in [-0.39, 0.29) is 11.2 Å². The van der Waals surface area contributed by atoms with Crippen LogP contribution in [0.3, 0.4) is 0 Å². The predicted octanol–water partition coefficient (Wildman–Crippen LogP) is 3.48. The first-order valence-electron chi connectivity index (χ1n) is 9.26. The number of methoxy groups -OCH3 is 3. The first-order chi connectivity index (χ1) is 13.2. The second kappa shape index (κ2) is 7.34. The van der Waals surface area contributed by atoms with Gasteiger partial charge in [0, 0.05) is 29.0 Å². The van der Waals surface area contributed by atoms with Crippen LogP contribution in [0.2, 0.25) is 0 Å². The second-order valence-electron chi connectivity index (χ2n) is 8.03. The number of ether oxygens (including phenoxy) is 3. The molecule has 0 radical (unpaired) electrons. The lowest BCUT2D eigenvalue weighted by Crippen LogP contribution is -2.38. The van der Waals surface area contributed by atoms with E-state index >= 15 is 0 Å². The zero-order valence-electron chi connectivity index (χ0n) is 17.3. The Morgan fingerprint density at radius 2 is 1.86 bits per heavy atom. The van der Waals surface area contributed by atoms with Crippen molar-refractivity contribution in [3.63, 3.8) is 0 Å². The normalized spacial score (nSPS) is 21.1. The molecule has 150 valence electrons. The number of esters is 1. The highest BCUT2D eigenvalue weighted by atomic mass is 16.5. The Hall–Kier alpha value is -2.76. The SMILES string of the molecule is COC(=O)C1=C(C)NC2=C(C(=O)CC(C)(C)C2)[C@@H]1c1cc(OC)ccc1OC. The standard InChI is InChI=1S/C22H27NO5/c1-12-18(21(25)28-6)19(14-9-13(26-4)7-8-17(14)27-5)20-15(23-12)10-22(2,3)11-16(20)24/h7-9,19,23H,10-11H2,1-6H3/t19-/m1/s1. The van der Waals surface area contributed by atoms with Crippen molar-refractivity contribution in [3.05, 3.63) is 46.3 Å². The van der Waals surface area contributed by atoms with E-state index in [9.17, 15) is 9.59 Å². The van der Waals surface area contributed by atoms with E-state index in [0.29, 0.717) is 40.3 Å². The van der Waals surface area contributed by atoms with Crippen molar-refractivity contribution in [1.82, 2.24) is 5.32 Å². The number of dihydropyridines is 1. The molecule has 6 heteroatoms. The Balaban J connectivity index is 2.28. The van der Waals surface area contributed by atoms with Gasteiger partial charge < -0.3 is 19.5 Å². The molecule has 1 aromatic rings. The van der Waals surface area contributed by atoms with E-state index < -0.39 is 11.9 Å². The average molecular weight is 385 g/mol. The van der Waals surface area contributed by atoms with Crippen molar-refractivity contribution in [2.24, 2.45) is 5.41 Å². The molecule has 6 nitrogen and oxygen atoms in total. The van der Waals surface area contributed by atoms with E-state index in [1.54, 1.807) is 26.4 Å². The second-order valence-corrected chi connectivity index (χ2v) is 8.03. The molecule has 2 aliphatic rings. The average Bonchev–Trinajstić information content (AvgIpc) is 2.64. The van der Waals surface area contributed by atoms with Gasteiger partial charge in [-0.05, 0) is 37.0 Å². The summed E-state index contributed by atoms with van der Waals surface area (Å²) in [5.41, 5.74) is 3.14. The van der Waals surface area contributed by atoms with Gasteiger partial charge >= 0.3 is 5.97 Å². The fourth-order valence-electron chi connectivity index (χ4n) is 4.19. The molecular weight excluding hydrogens is 358 g/mol. The van der Waals surface area contributed by atoms with Crippen molar-refractivity contribution < 1.29 is 23.8 Å². The molecule has 1 aliphatic heterocycles. The van der Waals surface area contributed by atoms with E-state index in [2.05, 4.69) is 19.2 Å². The van der Waals surface area contributed by atoms with Gasteiger partial charge in [0.05, 0.1) is 32.8 Å². The van der Waals surface area contributed by atoms with Crippen LogP contribution in [0.25, 0.3) is 0 Å². The molecule has 0 spiro atoms. The summed E-state index contributed by atoms with van der Waals surface area (Å²) in [4.78, 5) is 25.9. The van der Waals surface area contributed by atoms with Gasteiger partial charge in [-0.1, -0.05) is 13.8 Å². The lowest BCUT2D eigenvalue weighted by molar-refractivity contribution is -0.136. The molecule has 1 N–H and O–H groups in total. The lowest BCUT2D eigenvalue weighted by atomic mass is 9.68. The van der Waals surface area contributed by atoms with Crippen LogP contribution < -0.4 is 14.8 Å². The molecule has 0 saturated heterocycles. The molecule has 0 fully saturated rings. The minimum atomic E-state index is -0.572. The first-order valence-corrected chi connectivity index (χ1v) is 9.26. The van der Waals surface area contributed by atoms with Crippen LogP contribution in [0, 0.1) is 5.41 Å². The smallest absolute Gasteiger partial charge is 0.336 e. The van der Waals surface area contributed by atoms with E-state index in [0.717, 1.165) is 12.1 Å². The van der Waals surface area contributed by atoms with Crippen LogP contribution in [0.15, 0.2) is 40.7 Å². The zero-order valence-corrected chi connectivity index (χ0v) is 17.3. The Morgan fingerprint density at radius 1 is 1.14 bits per heavy atom. The summed E-state index contributed by atoms with van der Waals surface area (Å²) in [6, 6.07) is 5.40. The van der Waals surface area contributed by atoms with Gasteiger partial charge in [-0.2, -0.15) is 0 Å². The highest BCUT2D eigenvalue weighted by Crippen LogP contribution is 2.49. The Bertz CT molecular complexity index is 894. The summed E-state index contributed by atoms with van der Waals surface area (Å²) in [5.74, 6) is 0.206. The Kier molecular flexibility index (Phi) is 5.24. The third kappa shape index (κ3) is 3.39. The number of Topliss-reactive ketones (excluding diaryl/α,β-unsaturated/α-hetero) is 1. The molecule has 0 aromatic heterocycles. The van der Waals surface area contributed by atoms with Gasteiger partial charge in [0.25, 0.3) is 0 Å². The number of ketones is 1. The number of nitrogens with one attached hydrogen (secondary N) is 1. The van der Waals surface area contributed by atoms with Gasteiger partial charge in [0.15, 0.2) is 5.78 Å². The first kappa shape index (κ1) is 20.0. The van der Waals surface area contributed by atoms with Gasteiger partial charge in [-0.3, -0.25) is 4.79 Å². The van der Waals surface area contributed by atoms with Crippen LogP contribution in [0.5, 0.6) is 11.5 Å². The van der Waals surface area contributed by atoms with Gasteiger partial charge in [0.2, 0.25) is 0 Å². The Labute approximate surface area is 165 Å². The molecule has 1 aromatic carbocycles. The minimum Gasteiger partial charge on any atom is -0.497 e. The molecule has 0 unspecified atom stereocenters. The molecule has 3 rings (SSSR count). The molecule has 1 aliphatic carbocycles. The van der Waals surface area contributed by atoms with E-state index in [4.69, 9.17) is 14.2 Å². The molecule has 0 saturated carbocycles. The molecular formula is C22H27NO5. The third-order valence-corrected chi connectivity index (χ3v) is 5.39. The summed E-state index contributed by atoms with van der Waals surface area (Å²) >= 11 is 0. The molecule has 0 amide bonds. The number of allylic oxidation sites excluding steroid dienone is 3. The van der Waals surface area contributed by atoms with Crippen LogP contribution in [0.1, 0.15) is 45.1 Å². The highest BCUT2D eigenvalue weighted by molar-refractivity contribution is 6.04. The van der Waals surface area contributed by atoms with Gasteiger partial charge in [-0.15, -0.1) is 0 Å². The minimum absolute atomic E-state index is 0.0301. The Morgan fingerprint density at radius 3 is 2.46 bits per heavy atom. The summed E-state index contributed by atoms with van der Waals surface area (Å²) in [5, 5.41) is 3.30. The quantitative estimate of drug-likeness (QED) is 0.800. The highest BCUT2D eigenvalue weighted by Gasteiger charge is 2.44. The maximum atomic E-state index is 13.2. The summed E-state index contributed by atoms with van der Waals surface area (Å²) < 4.78 is 16.0. The fourth-order valence-corrected chi connectivity index (χ4v) is 4.19. The van der Waals surface area contributed by atoms with Gasteiger partial charge in [-0.25, -0.2) is 4.79 Å². The van der Waals surface area contributed by atoms with Crippen molar-refractivity contribution in [3.8, 4) is 11.5 Å².